The SMILES string of the molecule is C=Cc1cnc(N)c(C(=O)c2cccc(N3CCNCC3)n2)c1.CC1CCCCN1c1cccc(C(=O)c2cccnc2N)n1.Nc1ncc(-c2ccccc2)cc1C(=O)c1cccc(N2CCNCC2)n1.Nc1ncc(Br)cc1C(=O)c1cccc(N2CCCCC2)n1.Nc1ncc(C2=CCc3ccccc32)cc1C(=O)c1cccc(N2CCNCC2)n1.Nc1ncccc1C(=O)c1cccc(N2CCCCC2)n1. The Morgan fingerprint density at radius 3 is 1.10 bits per heavy atom. The third-order valence-corrected chi connectivity index (χ3v) is 26.3. The molecule has 1 atom stereocenters. The smallest absolute Gasteiger partial charge is 0.215 e. The van der Waals surface area contributed by atoms with Gasteiger partial charge in [-0.3, -0.25) is 28.8 Å². The first kappa shape index (κ1) is 102. The number of nitrogens with two attached hydrogens (primary N) is 6. The van der Waals surface area contributed by atoms with E-state index in [0.717, 1.165) is 191 Å². The molecule has 740 valence electrons. The van der Waals surface area contributed by atoms with Crippen LogP contribution in [0.15, 0.2) is 267 Å². The van der Waals surface area contributed by atoms with E-state index >= 15 is 0 Å². The highest BCUT2D eigenvalue weighted by Gasteiger charge is 2.29. The molecule has 0 bridgehead atoms. The third-order valence-electron chi connectivity index (χ3n) is 25.9. The number of hydrogen-bond acceptors (Lipinski definition) is 33. The minimum absolute atomic E-state index is 0.181. The molecule has 18 heterocycles. The maximum absolute atomic E-state index is 13.3. The topological polar surface area (TPSA) is 469 Å². The van der Waals surface area contributed by atoms with Gasteiger partial charge in [-0.05, 0) is 236 Å². The summed E-state index contributed by atoms with van der Waals surface area (Å²) < 4.78 is 0.720. The van der Waals surface area contributed by atoms with Crippen molar-refractivity contribution in [2.45, 2.75) is 77.2 Å². The van der Waals surface area contributed by atoms with Gasteiger partial charge in [-0.2, -0.15) is 0 Å². The number of rotatable bonds is 21. The number of anilines is 12. The van der Waals surface area contributed by atoms with E-state index in [1.807, 2.05) is 121 Å². The van der Waals surface area contributed by atoms with Gasteiger partial charge in [0.05, 0.1) is 33.4 Å². The molecule has 2 aromatic carbocycles. The zero-order valence-electron chi connectivity index (χ0n) is 81.0. The highest BCUT2D eigenvalue weighted by molar-refractivity contribution is 9.10. The van der Waals surface area contributed by atoms with Crippen LogP contribution in [0.3, 0.4) is 0 Å². The first-order valence-corrected chi connectivity index (χ1v) is 49.8. The van der Waals surface area contributed by atoms with Crippen LogP contribution >= 0.6 is 15.9 Å². The lowest BCUT2D eigenvalue weighted by Gasteiger charge is -2.34. The molecule has 1 aliphatic carbocycles. The monoisotopic (exact) mass is 2000 g/mol. The van der Waals surface area contributed by atoms with E-state index in [-0.39, 0.29) is 69.6 Å². The molecule has 7 aliphatic rings. The molecular weight excluding hydrogens is 1890 g/mol. The fourth-order valence-corrected chi connectivity index (χ4v) is 18.3. The Morgan fingerprint density at radius 2 is 0.676 bits per heavy atom. The highest BCUT2D eigenvalue weighted by atomic mass is 79.9. The van der Waals surface area contributed by atoms with Crippen LogP contribution in [0, 0.1) is 0 Å². The van der Waals surface area contributed by atoms with Gasteiger partial charge in [0, 0.05) is 170 Å². The third kappa shape index (κ3) is 26.0. The van der Waals surface area contributed by atoms with Gasteiger partial charge in [0.2, 0.25) is 34.7 Å². The molecular formula is C111H118BrN27O6. The lowest BCUT2D eigenvalue weighted by atomic mass is 9.98. The molecule has 14 aromatic rings. The van der Waals surface area contributed by atoms with Gasteiger partial charge in [0.15, 0.2) is 0 Å². The fraction of sp³-hybridized carbons (Fsp3) is 0.261. The zero-order valence-corrected chi connectivity index (χ0v) is 82.6. The van der Waals surface area contributed by atoms with Gasteiger partial charge < -0.3 is 79.8 Å². The summed E-state index contributed by atoms with van der Waals surface area (Å²) in [5.74, 6) is 5.16. The Bertz CT molecular complexity index is 6980. The van der Waals surface area contributed by atoms with Crippen LogP contribution in [0.5, 0.6) is 0 Å². The van der Waals surface area contributed by atoms with E-state index in [1.165, 1.54) is 62.5 Å². The second kappa shape index (κ2) is 49.4. The quantitative estimate of drug-likeness (QED) is 0.0302. The molecule has 34 heteroatoms. The molecule has 0 radical (unpaired) electrons. The number of allylic oxidation sites excluding steroid dienone is 1. The van der Waals surface area contributed by atoms with Crippen molar-refractivity contribution < 1.29 is 28.8 Å². The van der Waals surface area contributed by atoms with Crippen molar-refractivity contribution >= 4 is 132 Å². The van der Waals surface area contributed by atoms with Crippen LogP contribution in [0.4, 0.5) is 69.8 Å². The van der Waals surface area contributed by atoms with Crippen molar-refractivity contribution in [1.29, 1.82) is 0 Å². The predicted molar refractivity (Wildman–Crippen MR) is 576 cm³/mol. The van der Waals surface area contributed by atoms with Crippen LogP contribution in [0.1, 0.15) is 183 Å². The predicted octanol–water partition coefficient (Wildman–Crippen LogP) is 14.4. The highest BCUT2D eigenvalue weighted by Crippen LogP contribution is 2.36. The average molecular weight is 2010 g/mol. The summed E-state index contributed by atoms with van der Waals surface area (Å²) in [6, 6.07) is 65.6. The number of halogens is 1. The van der Waals surface area contributed by atoms with Crippen LogP contribution in [-0.4, -0.2) is 212 Å². The number of carbonyl (C=O) groups is 6. The minimum Gasteiger partial charge on any atom is -0.383 e. The number of nitrogen functional groups attached to an aromatic ring is 6. The van der Waals surface area contributed by atoms with Gasteiger partial charge in [0.25, 0.3) is 0 Å². The molecule has 0 saturated carbocycles. The van der Waals surface area contributed by atoms with Crippen LogP contribution in [-0.2, 0) is 6.42 Å². The largest absolute Gasteiger partial charge is 0.383 e. The molecule has 6 aliphatic heterocycles. The molecule has 1 unspecified atom stereocenters. The first-order chi connectivity index (χ1) is 70.7. The van der Waals surface area contributed by atoms with Gasteiger partial charge in [-0.1, -0.05) is 110 Å². The Labute approximate surface area is 851 Å². The fourth-order valence-electron chi connectivity index (χ4n) is 18.0. The first-order valence-electron chi connectivity index (χ1n) is 49.0. The lowest BCUT2D eigenvalue weighted by Crippen LogP contribution is -2.44. The second-order valence-electron chi connectivity index (χ2n) is 35.6. The molecule has 145 heavy (non-hydrogen) atoms. The number of benzene rings is 2. The minimum atomic E-state index is -0.226. The summed E-state index contributed by atoms with van der Waals surface area (Å²) in [4.78, 5) is 142. The Morgan fingerprint density at radius 1 is 0.331 bits per heavy atom. The van der Waals surface area contributed by atoms with Crippen LogP contribution < -0.4 is 79.8 Å². The summed E-state index contributed by atoms with van der Waals surface area (Å²) in [5.41, 5.74) is 47.0. The maximum atomic E-state index is 13.3. The number of piperidine rings is 3. The lowest BCUT2D eigenvalue weighted by molar-refractivity contribution is 0.102. The van der Waals surface area contributed by atoms with E-state index in [4.69, 9.17) is 34.4 Å². The Hall–Kier alpha value is -16.3. The van der Waals surface area contributed by atoms with Gasteiger partial charge in [0.1, 0.15) is 104 Å². The van der Waals surface area contributed by atoms with Crippen molar-refractivity contribution in [3.63, 3.8) is 0 Å². The van der Waals surface area contributed by atoms with Crippen molar-refractivity contribution in [3.8, 4) is 11.1 Å². The Kier molecular flexibility index (Phi) is 34.6. The molecule has 0 spiro atoms. The summed E-state index contributed by atoms with van der Waals surface area (Å²) in [6.07, 6.45) is 25.2. The standard InChI is InChI=1S/C24H23N5O.C21H21N5O.C17H19N5O.C17H20N4O.C16H17BrN4O.C16H18N4O/c25-24-20(14-17(15-27-24)19-9-8-16-4-1-2-5-18(16)19)23(30)21-6-3-7-22(28-21)29-12-10-26-11-13-29;22-21-17(13-16(14-24-21)15-5-2-1-3-6-15)20(27)18-7-4-8-19(25-18)26-11-9-23-10-12-26;1-2-12-10-13(17(18)20-11-12)16(23)14-4-3-5-15(21-14)22-8-6-19-7-9-22;1-12-6-2-3-11-21(12)15-9-4-8-14(20-15)16(22)13-7-5-10-19-17(13)18;17-11-9-12(16(18)19-10-11)15(22)13-5-4-6-14(20-13)21-7-2-1-3-8-21;17-16-12(6-5-9-18-16)15(21)13-7-4-8-14(19-13)20-10-2-1-3-11-20/h1-7,9,14-15,26H,8,10-13H2,(H2,25,27);1-8,13-14,23H,9-12H2,(H2,22,24);2-5,10-11,19H,1,6-9H2,(H2,18,20);4-5,7-10,12H,2-3,6,11H2,1H3,(H2,18,19);4-6,9-10H,1-3,7-8H2,(H2,18,19);4-9H,1-3,10-11H2,(H2,17,18). The number of nitrogens with zero attached hydrogens (tertiary/aromatic N) is 18. The Balaban J connectivity index is 0.000000125. The molecule has 21 rings (SSSR count). The number of piperazine rings is 3. The molecule has 0 amide bonds. The van der Waals surface area contributed by atoms with E-state index < -0.39 is 0 Å². The number of ketones is 6. The van der Waals surface area contributed by atoms with E-state index in [0.29, 0.717) is 73.6 Å². The van der Waals surface area contributed by atoms with E-state index in [2.05, 4.69) is 153 Å². The van der Waals surface area contributed by atoms with Gasteiger partial charge >= 0.3 is 0 Å². The molecule has 12 aromatic heterocycles. The molecule has 33 nitrogen and oxygen atoms in total. The summed E-state index contributed by atoms with van der Waals surface area (Å²) in [6.45, 7) is 21.6. The molecule has 6 saturated heterocycles. The number of aromatic nitrogens is 12. The summed E-state index contributed by atoms with van der Waals surface area (Å²) >= 11 is 3.32. The molecule has 15 N–H and O–H groups in total. The average Bonchev–Trinajstić information content (AvgIpc) is 1.68. The second-order valence-corrected chi connectivity index (χ2v) is 36.5. The van der Waals surface area contributed by atoms with E-state index in [1.54, 1.807) is 122 Å². The van der Waals surface area contributed by atoms with Crippen molar-refractivity contribution in [1.82, 2.24) is 75.8 Å². The van der Waals surface area contributed by atoms with Crippen LogP contribution in [0.2, 0.25) is 0 Å². The number of fused-ring (bicyclic) bond motifs is 1. The summed E-state index contributed by atoms with van der Waals surface area (Å²) in [7, 11) is 0. The summed E-state index contributed by atoms with van der Waals surface area (Å²) in [5, 5.41) is 9.94. The zero-order chi connectivity index (χ0) is 101. The molecule has 6 fully saturated rings. The van der Waals surface area contributed by atoms with Gasteiger partial charge in [-0.25, -0.2) is 59.8 Å². The van der Waals surface area contributed by atoms with Crippen LogP contribution in [0.25, 0.3) is 22.8 Å². The van der Waals surface area contributed by atoms with Gasteiger partial charge in [-0.15, -0.1) is 0 Å². The van der Waals surface area contributed by atoms with Crippen molar-refractivity contribution in [2.75, 3.05) is 175 Å². The van der Waals surface area contributed by atoms with Crippen molar-refractivity contribution in [2.24, 2.45) is 0 Å². The van der Waals surface area contributed by atoms with E-state index in [9.17, 15) is 28.8 Å². The number of nitrogens with one attached hydrogen (secondary N) is 3. The number of pyridine rings is 12. The number of carbonyl (C=O) groups excluding carboxylic acids is 6. The maximum Gasteiger partial charge on any atom is 0.215 e. The normalized spacial score (nSPS) is 15.4. The number of hydrogen-bond donors (Lipinski definition) is 9. The van der Waals surface area contributed by atoms with Crippen molar-refractivity contribution in [3.05, 3.63) is 356 Å².